The molecule has 2 fully saturated rings. The average molecular weight is 317 g/mol. The Morgan fingerprint density at radius 2 is 2.14 bits per heavy atom. The number of fused-ring (bicyclic) bond motifs is 1. The van der Waals surface area contributed by atoms with Crippen LogP contribution in [0.15, 0.2) is 24.3 Å². The number of hydrogen-bond acceptors (Lipinski definition) is 5. The Balaban J connectivity index is 1.41. The van der Waals surface area contributed by atoms with Crippen LogP contribution in [0.25, 0.3) is 10.2 Å². The van der Waals surface area contributed by atoms with Crippen molar-refractivity contribution in [2.24, 2.45) is 5.92 Å². The molecule has 0 bridgehead atoms. The summed E-state index contributed by atoms with van der Waals surface area (Å²) in [6, 6.07) is 8.44. The van der Waals surface area contributed by atoms with Gasteiger partial charge in [-0.2, -0.15) is 0 Å². The minimum atomic E-state index is 0.744. The van der Waals surface area contributed by atoms with Gasteiger partial charge in [0.15, 0.2) is 5.13 Å². The van der Waals surface area contributed by atoms with Gasteiger partial charge in [0.1, 0.15) is 0 Å². The normalized spacial score (nSPS) is 24.0. The van der Waals surface area contributed by atoms with E-state index in [4.69, 9.17) is 9.72 Å². The molecule has 4 nitrogen and oxygen atoms in total. The van der Waals surface area contributed by atoms with Gasteiger partial charge in [0, 0.05) is 32.8 Å². The molecule has 0 saturated carbocycles. The van der Waals surface area contributed by atoms with Crippen LogP contribution >= 0.6 is 11.3 Å². The molecule has 118 valence electrons. The van der Waals surface area contributed by atoms with Crippen molar-refractivity contribution in [3.8, 4) is 0 Å². The zero-order chi connectivity index (χ0) is 14.8. The van der Waals surface area contributed by atoms with Gasteiger partial charge in [-0.25, -0.2) is 4.98 Å². The van der Waals surface area contributed by atoms with E-state index in [0.29, 0.717) is 0 Å². The second-order valence-corrected chi connectivity index (χ2v) is 7.34. The third-order valence-corrected chi connectivity index (χ3v) is 5.78. The number of ether oxygens (including phenoxy) is 1. The van der Waals surface area contributed by atoms with Crippen molar-refractivity contribution in [2.75, 3.05) is 50.8 Å². The van der Waals surface area contributed by atoms with Crippen LogP contribution in [0.5, 0.6) is 0 Å². The highest BCUT2D eigenvalue weighted by Crippen LogP contribution is 2.29. The van der Waals surface area contributed by atoms with Crippen molar-refractivity contribution in [3.63, 3.8) is 0 Å². The van der Waals surface area contributed by atoms with E-state index in [9.17, 15) is 0 Å². The fourth-order valence-corrected chi connectivity index (χ4v) is 4.45. The standard InChI is InChI=1S/C17H23N3OS/c1-2-5-16-15(4-1)18-17(22-16)20-8-3-7-19(9-10-20)12-14-6-11-21-13-14/h1-2,4-5,14H,3,6-13H2. The van der Waals surface area contributed by atoms with Gasteiger partial charge in [0.05, 0.1) is 16.8 Å². The molecule has 1 atom stereocenters. The third-order valence-electron chi connectivity index (χ3n) is 4.68. The molecule has 2 saturated heterocycles. The highest BCUT2D eigenvalue weighted by atomic mass is 32.1. The Kier molecular flexibility index (Phi) is 4.28. The average Bonchev–Trinajstić information content (AvgIpc) is 3.13. The smallest absolute Gasteiger partial charge is 0.186 e. The molecule has 1 unspecified atom stereocenters. The van der Waals surface area contributed by atoms with Crippen molar-refractivity contribution >= 4 is 26.7 Å². The maximum Gasteiger partial charge on any atom is 0.186 e. The fraction of sp³-hybridized carbons (Fsp3) is 0.588. The van der Waals surface area contributed by atoms with Gasteiger partial charge in [-0.05, 0) is 37.4 Å². The zero-order valence-corrected chi connectivity index (χ0v) is 13.7. The lowest BCUT2D eigenvalue weighted by Gasteiger charge is -2.23. The molecule has 0 aliphatic carbocycles. The number of nitrogens with zero attached hydrogens (tertiary/aromatic N) is 3. The van der Waals surface area contributed by atoms with Crippen LogP contribution in [0, 0.1) is 5.92 Å². The van der Waals surface area contributed by atoms with Gasteiger partial charge in [-0.3, -0.25) is 0 Å². The topological polar surface area (TPSA) is 28.6 Å². The molecule has 1 aromatic heterocycles. The second kappa shape index (κ2) is 6.52. The van der Waals surface area contributed by atoms with Crippen molar-refractivity contribution in [2.45, 2.75) is 12.8 Å². The SMILES string of the molecule is c1ccc2sc(N3CCCN(CC4CCOC4)CC3)nc2c1. The van der Waals surface area contributed by atoms with Gasteiger partial charge < -0.3 is 14.5 Å². The largest absolute Gasteiger partial charge is 0.381 e. The van der Waals surface area contributed by atoms with Crippen molar-refractivity contribution in [1.29, 1.82) is 0 Å². The molecule has 22 heavy (non-hydrogen) atoms. The molecule has 0 N–H and O–H groups in total. The van der Waals surface area contributed by atoms with Crippen LogP contribution in [0.3, 0.4) is 0 Å². The van der Waals surface area contributed by atoms with Crippen LogP contribution in [-0.4, -0.2) is 55.8 Å². The minimum absolute atomic E-state index is 0.744. The lowest BCUT2D eigenvalue weighted by atomic mass is 10.1. The van der Waals surface area contributed by atoms with Crippen LogP contribution in [0.4, 0.5) is 5.13 Å². The van der Waals surface area contributed by atoms with E-state index in [2.05, 4.69) is 34.1 Å². The molecule has 0 radical (unpaired) electrons. The monoisotopic (exact) mass is 317 g/mol. The van der Waals surface area contributed by atoms with Crippen LogP contribution in [0.1, 0.15) is 12.8 Å². The maximum atomic E-state index is 5.51. The number of rotatable bonds is 3. The van der Waals surface area contributed by atoms with Crippen molar-refractivity contribution < 1.29 is 4.74 Å². The Hall–Kier alpha value is -1.17. The first-order valence-electron chi connectivity index (χ1n) is 8.29. The summed E-state index contributed by atoms with van der Waals surface area (Å²) >= 11 is 1.82. The third kappa shape index (κ3) is 3.12. The lowest BCUT2D eigenvalue weighted by Crippen LogP contribution is -2.34. The summed E-state index contributed by atoms with van der Waals surface area (Å²) in [6.45, 7) is 7.68. The summed E-state index contributed by atoms with van der Waals surface area (Å²) in [7, 11) is 0. The number of thiazole rings is 1. The Morgan fingerprint density at radius 3 is 3.00 bits per heavy atom. The Morgan fingerprint density at radius 1 is 1.18 bits per heavy atom. The summed E-state index contributed by atoms with van der Waals surface area (Å²) in [4.78, 5) is 9.90. The predicted molar refractivity (Wildman–Crippen MR) is 91.8 cm³/mol. The van der Waals surface area contributed by atoms with E-state index in [-0.39, 0.29) is 0 Å². The summed E-state index contributed by atoms with van der Waals surface area (Å²) in [6.07, 6.45) is 2.46. The fourth-order valence-electron chi connectivity index (χ4n) is 3.43. The van der Waals surface area contributed by atoms with E-state index < -0.39 is 0 Å². The van der Waals surface area contributed by atoms with E-state index in [1.165, 1.54) is 35.8 Å². The molecule has 4 rings (SSSR count). The Bertz CT molecular complexity index is 590. The lowest BCUT2D eigenvalue weighted by molar-refractivity contribution is 0.169. The van der Waals surface area contributed by atoms with E-state index in [0.717, 1.165) is 44.3 Å². The van der Waals surface area contributed by atoms with Gasteiger partial charge in [0.2, 0.25) is 0 Å². The van der Waals surface area contributed by atoms with E-state index in [1.54, 1.807) is 0 Å². The molecular formula is C17H23N3OS. The van der Waals surface area contributed by atoms with Gasteiger partial charge in [-0.1, -0.05) is 23.5 Å². The van der Waals surface area contributed by atoms with Crippen LogP contribution in [0.2, 0.25) is 0 Å². The highest BCUT2D eigenvalue weighted by molar-refractivity contribution is 7.22. The molecule has 3 heterocycles. The number of para-hydroxylation sites is 1. The summed E-state index contributed by atoms with van der Waals surface area (Å²) < 4.78 is 6.80. The van der Waals surface area contributed by atoms with Gasteiger partial charge >= 0.3 is 0 Å². The van der Waals surface area contributed by atoms with Crippen molar-refractivity contribution in [1.82, 2.24) is 9.88 Å². The molecule has 2 aliphatic heterocycles. The molecule has 5 heteroatoms. The van der Waals surface area contributed by atoms with Gasteiger partial charge in [0.25, 0.3) is 0 Å². The summed E-state index contributed by atoms with van der Waals surface area (Å²) in [5.41, 5.74) is 1.13. The molecule has 2 aromatic rings. The first-order valence-corrected chi connectivity index (χ1v) is 9.11. The summed E-state index contributed by atoms with van der Waals surface area (Å²) in [5.74, 6) is 0.744. The number of anilines is 1. The van der Waals surface area contributed by atoms with E-state index >= 15 is 0 Å². The van der Waals surface area contributed by atoms with Crippen molar-refractivity contribution in [3.05, 3.63) is 24.3 Å². The highest BCUT2D eigenvalue weighted by Gasteiger charge is 2.22. The molecule has 0 spiro atoms. The molecule has 2 aliphatic rings. The number of benzene rings is 1. The van der Waals surface area contributed by atoms with Gasteiger partial charge in [-0.15, -0.1) is 0 Å². The predicted octanol–water partition coefficient (Wildman–Crippen LogP) is 2.84. The first-order chi connectivity index (χ1) is 10.9. The maximum absolute atomic E-state index is 5.51. The number of aromatic nitrogens is 1. The minimum Gasteiger partial charge on any atom is -0.381 e. The Labute approximate surface area is 135 Å². The molecule has 0 amide bonds. The molecule has 1 aromatic carbocycles. The first kappa shape index (κ1) is 14.4. The van der Waals surface area contributed by atoms with Crippen LogP contribution < -0.4 is 4.90 Å². The van der Waals surface area contributed by atoms with Crippen LogP contribution in [-0.2, 0) is 4.74 Å². The number of hydrogen-bond donors (Lipinski definition) is 0. The molecular weight excluding hydrogens is 294 g/mol. The zero-order valence-electron chi connectivity index (χ0n) is 12.9. The van der Waals surface area contributed by atoms with E-state index in [1.807, 2.05) is 11.3 Å². The summed E-state index contributed by atoms with van der Waals surface area (Å²) in [5, 5.41) is 1.19. The second-order valence-electron chi connectivity index (χ2n) is 6.33. The quantitative estimate of drug-likeness (QED) is 0.870.